The number of carbonyl (C=O) groups is 1. The highest BCUT2D eigenvalue weighted by atomic mass is 32.2. The molecule has 1 aliphatic rings. The molecule has 1 N–H and O–H groups in total. The molecule has 0 atom stereocenters. The molecule has 2 heterocycles. The first-order valence-corrected chi connectivity index (χ1v) is 11.1. The summed E-state index contributed by atoms with van der Waals surface area (Å²) in [5, 5.41) is 12.2. The van der Waals surface area contributed by atoms with Crippen molar-refractivity contribution in [1.82, 2.24) is 14.8 Å². The third kappa shape index (κ3) is 4.85. The van der Waals surface area contributed by atoms with E-state index in [1.54, 1.807) is 18.2 Å². The van der Waals surface area contributed by atoms with E-state index >= 15 is 0 Å². The Morgan fingerprint density at radius 3 is 2.48 bits per heavy atom. The second-order valence-electron chi connectivity index (χ2n) is 8.39. The van der Waals surface area contributed by atoms with Crippen molar-refractivity contribution in [1.29, 1.82) is 0 Å². The predicted molar refractivity (Wildman–Crippen MR) is 122 cm³/mol. The number of hydrogen-bond acceptors (Lipinski definition) is 6. The van der Waals surface area contributed by atoms with Crippen LogP contribution in [0.25, 0.3) is 11.4 Å². The zero-order valence-electron chi connectivity index (χ0n) is 18.1. The first-order valence-electron chi connectivity index (χ1n) is 10.1. The van der Waals surface area contributed by atoms with Gasteiger partial charge in [-0.2, -0.15) is 0 Å². The molecule has 1 aromatic heterocycles. The minimum atomic E-state index is -0.124. The van der Waals surface area contributed by atoms with Gasteiger partial charge in [-0.1, -0.05) is 56.8 Å². The Morgan fingerprint density at radius 2 is 1.77 bits per heavy atom. The summed E-state index contributed by atoms with van der Waals surface area (Å²) >= 11 is 1.35. The van der Waals surface area contributed by atoms with Gasteiger partial charge in [0, 0.05) is 24.4 Å². The van der Waals surface area contributed by atoms with Crippen molar-refractivity contribution in [3.8, 4) is 22.9 Å². The van der Waals surface area contributed by atoms with E-state index in [9.17, 15) is 4.79 Å². The van der Waals surface area contributed by atoms with E-state index in [-0.39, 0.29) is 17.1 Å². The highest BCUT2D eigenvalue weighted by molar-refractivity contribution is 7.99. The van der Waals surface area contributed by atoms with Crippen LogP contribution in [0, 0.1) is 0 Å². The average Bonchev–Trinajstić information content (AvgIpc) is 3.12. The van der Waals surface area contributed by atoms with Gasteiger partial charge in [0.2, 0.25) is 5.91 Å². The first kappa shape index (κ1) is 21.2. The largest absolute Gasteiger partial charge is 0.486 e. The summed E-state index contributed by atoms with van der Waals surface area (Å²) in [6.07, 6.45) is 0. The van der Waals surface area contributed by atoms with E-state index < -0.39 is 0 Å². The Kier molecular flexibility index (Phi) is 5.91. The molecule has 0 aliphatic carbocycles. The van der Waals surface area contributed by atoms with Gasteiger partial charge in [0.1, 0.15) is 13.2 Å². The maximum absolute atomic E-state index is 12.4. The Labute approximate surface area is 186 Å². The van der Waals surface area contributed by atoms with Crippen molar-refractivity contribution in [2.75, 3.05) is 24.3 Å². The maximum Gasteiger partial charge on any atom is 0.234 e. The summed E-state index contributed by atoms with van der Waals surface area (Å²) in [6, 6.07) is 13.8. The lowest BCUT2D eigenvalue weighted by atomic mass is 9.87. The van der Waals surface area contributed by atoms with E-state index in [1.165, 1.54) is 17.3 Å². The number of benzene rings is 2. The van der Waals surface area contributed by atoms with Crippen LogP contribution in [0.2, 0.25) is 0 Å². The molecule has 8 heteroatoms. The molecule has 1 aliphatic heterocycles. The second kappa shape index (κ2) is 8.63. The number of thioether (sulfide) groups is 1. The number of nitrogens with one attached hydrogen (secondary N) is 1. The Balaban J connectivity index is 1.38. The zero-order chi connectivity index (χ0) is 22.0. The van der Waals surface area contributed by atoms with Crippen LogP contribution in [-0.4, -0.2) is 39.6 Å². The third-order valence-corrected chi connectivity index (χ3v) is 6.02. The van der Waals surface area contributed by atoms with E-state index in [0.717, 1.165) is 11.4 Å². The van der Waals surface area contributed by atoms with Gasteiger partial charge in [-0.25, -0.2) is 0 Å². The topological polar surface area (TPSA) is 78.3 Å². The molecule has 3 aromatic rings. The first-order chi connectivity index (χ1) is 14.8. The SMILES string of the molecule is Cn1c(SCC(=O)Nc2ccc3c(c2)OCCO3)nnc1-c1ccc(C(C)(C)C)cc1. The van der Waals surface area contributed by atoms with Gasteiger partial charge < -0.3 is 19.4 Å². The number of carbonyl (C=O) groups excluding carboxylic acids is 1. The number of rotatable bonds is 5. The highest BCUT2D eigenvalue weighted by Gasteiger charge is 2.17. The standard InChI is InChI=1S/C23H26N4O3S/c1-23(2,3)16-7-5-15(6-8-16)21-25-26-22(27(21)4)31-14-20(28)24-17-9-10-18-19(13-17)30-12-11-29-18/h5-10,13H,11-12,14H2,1-4H3,(H,24,28). The number of hydrogen-bond donors (Lipinski definition) is 1. The molecule has 0 saturated heterocycles. The summed E-state index contributed by atoms with van der Waals surface area (Å²) in [5.74, 6) is 2.22. The molecule has 2 aromatic carbocycles. The van der Waals surface area contributed by atoms with Crippen molar-refractivity contribution in [2.45, 2.75) is 31.3 Å². The summed E-state index contributed by atoms with van der Waals surface area (Å²) in [4.78, 5) is 12.4. The number of amides is 1. The van der Waals surface area contributed by atoms with Gasteiger partial charge in [-0.15, -0.1) is 10.2 Å². The molecule has 0 spiro atoms. The molecule has 0 unspecified atom stereocenters. The number of ether oxygens (including phenoxy) is 2. The van der Waals surface area contributed by atoms with Crippen LogP contribution in [0.15, 0.2) is 47.6 Å². The monoisotopic (exact) mass is 438 g/mol. The minimum Gasteiger partial charge on any atom is -0.486 e. The summed E-state index contributed by atoms with van der Waals surface area (Å²) in [5.41, 5.74) is 3.04. The maximum atomic E-state index is 12.4. The summed E-state index contributed by atoms with van der Waals surface area (Å²) in [7, 11) is 1.91. The smallest absolute Gasteiger partial charge is 0.234 e. The van der Waals surface area contributed by atoms with Crippen LogP contribution in [0.5, 0.6) is 11.5 Å². The number of anilines is 1. The molecule has 31 heavy (non-hydrogen) atoms. The van der Waals surface area contributed by atoms with Crippen molar-refractivity contribution in [3.63, 3.8) is 0 Å². The zero-order valence-corrected chi connectivity index (χ0v) is 19.0. The molecule has 0 radical (unpaired) electrons. The fraction of sp³-hybridized carbons (Fsp3) is 0.348. The summed E-state index contributed by atoms with van der Waals surface area (Å²) < 4.78 is 13.0. The average molecular weight is 439 g/mol. The van der Waals surface area contributed by atoms with E-state index in [1.807, 2.05) is 11.6 Å². The van der Waals surface area contributed by atoms with Crippen molar-refractivity contribution in [3.05, 3.63) is 48.0 Å². The Bertz CT molecular complexity index is 1090. The predicted octanol–water partition coefficient (Wildman–Crippen LogP) is 4.28. The summed E-state index contributed by atoms with van der Waals surface area (Å²) in [6.45, 7) is 7.61. The van der Waals surface area contributed by atoms with Gasteiger partial charge in [0.25, 0.3) is 0 Å². The quantitative estimate of drug-likeness (QED) is 0.599. The van der Waals surface area contributed by atoms with Crippen LogP contribution < -0.4 is 14.8 Å². The molecular weight excluding hydrogens is 412 g/mol. The van der Waals surface area contributed by atoms with Gasteiger partial charge in [-0.05, 0) is 23.1 Å². The van der Waals surface area contributed by atoms with Gasteiger partial charge >= 0.3 is 0 Å². The van der Waals surface area contributed by atoms with E-state index in [2.05, 4.69) is 60.6 Å². The van der Waals surface area contributed by atoms with Crippen LogP contribution >= 0.6 is 11.8 Å². The van der Waals surface area contributed by atoms with Crippen LogP contribution in [0.1, 0.15) is 26.3 Å². The fourth-order valence-corrected chi connectivity index (χ4v) is 3.97. The van der Waals surface area contributed by atoms with Crippen molar-refractivity contribution < 1.29 is 14.3 Å². The number of aromatic nitrogens is 3. The minimum absolute atomic E-state index is 0.101. The Morgan fingerprint density at radius 1 is 1.06 bits per heavy atom. The lowest BCUT2D eigenvalue weighted by molar-refractivity contribution is -0.113. The van der Waals surface area contributed by atoms with Gasteiger partial charge in [0.05, 0.1) is 5.75 Å². The Hall–Kier alpha value is -3.00. The normalized spacial score (nSPS) is 13.2. The van der Waals surface area contributed by atoms with E-state index in [0.29, 0.717) is 35.6 Å². The van der Waals surface area contributed by atoms with Crippen LogP contribution in [0.4, 0.5) is 5.69 Å². The molecule has 1 amide bonds. The molecule has 0 bridgehead atoms. The molecule has 0 saturated carbocycles. The molecule has 0 fully saturated rings. The van der Waals surface area contributed by atoms with Crippen LogP contribution in [-0.2, 0) is 17.3 Å². The number of nitrogens with zero attached hydrogens (tertiary/aromatic N) is 3. The van der Waals surface area contributed by atoms with Crippen molar-refractivity contribution >= 4 is 23.4 Å². The molecule has 162 valence electrons. The van der Waals surface area contributed by atoms with Gasteiger partial charge in [0.15, 0.2) is 22.5 Å². The number of fused-ring (bicyclic) bond motifs is 1. The van der Waals surface area contributed by atoms with Crippen LogP contribution in [0.3, 0.4) is 0 Å². The third-order valence-electron chi connectivity index (χ3n) is 5.00. The van der Waals surface area contributed by atoms with E-state index in [4.69, 9.17) is 9.47 Å². The molecule has 7 nitrogen and oxygen atoms in total. The lowest BCUT2D eigenvalue weighted by Crippen LogP contribution is -2.17. The van der Waals surface area contributed by atoms with Gasteiger partial charge in [-0.3, -0.25) is 4.79 Å². The molecular formula is C23H26N4O3S. The van der Waals surface area contributed by atoms with Crippen molar-refractivity contribution in [2.24, 2.45) is 7.05 Å². The lowest BCUT2D eigenvalue weighted by Gasteiger charge is -2.19. The second-order valence-corrected chi connectivity index (χ2v) is 9.33. The fourth-order valence-electron chi connectivity index (χ4n) is 3.26. The highest BCUT2D eigenvalue weighted by Crippen LogP contribution is 2.33. The molecule has 4 rings (SSSR count).